The van der Waals surface area contributed by atoms with Crippen LogP contribution in [0.4, 0.5) is 11.4 Å². The average molecular weight is 353 g/mol. The van der Waals surface area contributed by atoms with Crippen LogP contribution in [0.2, 0.25) is 0 Å². The number of anilines is 2. The maximum Gasteiger partial charge on any atom is 0.252 e. The van der Waals surface area contributed by atoms with E-state index in [9.17, 15) is 4.79 Å². The van der Waals surface area contributed by atoms with Gasteiger partial charge in [-0.15, -0.1) is 0 Å². The molecule has 0 radical (unpaired) electrons. The summed E-state index contributed by atoms with van der Waals surface area (Å²) in [4.78, 5) is 16.2. The van der Waals surface area contributed by atoms with Crippen LogP contribution in [0.25, 0.3) is 10.9 Å². The van der Waals surface area contributed by atoms with Crippen molar-refractivity contribution in [3.8, 4) is 17.2 Å². The van der Waals surface area contributed by atoms with Crippen LogP contribution in [0, 0.1) is 0 Å². The standard InChI is InChI=1S/C19H19N3O4/c1-24-12-6-4-11(5-7-12)22-18-13-8-16(25-2)17(26-3)9-15(13)21-10-14(18)19(20)23/h4-10H,1-3H3,(H2,20,23)(H,21,22). The molecule has 134 valence electrons. The Kier molecular flexibility index (Phi) is 4.79. The summed E-state index contributed by atoms with van der Waals surface area (Å²) in [6.07, 6.45) is 1.45. The number of pyridine rings is 1. The fourth-order valence-corrected chi connectivity index (χ4v) is 2.66. The first-order chi connectivity index (χ1) is 12.6. The third kappa shape index (κ3) is 3.19. The van der Waals surface area contributed by atoms with Gasteiger partial charge in [-0.05, 0) is 30.3 Å². The minimum atomic E-state index is -0.579. The molecular formula is C19H19N3O4. The van der Waals surface area contributed by atoms with E-state index in [1.807, 2.05) is 24.3 Å². The van der Waals surface area contributed by atoms with Crippen LogP contribution in [0.15, 0.2) is 42.6 Å². The van der Waals surface area contributed by atoms with Crippen LogP contribution >= 0.6 is 0 Å². The molecule has 0 bridgehead atoms. The number of nitrogens with two attached hydrogens (primary N) is 1. The monoisotopic (exact) mass is 353 g/mol. The Morgan fingerprint density at radius 2 is 1.65 bits per heavy atom. The van der Waals surface area contributed by atoms with Gasteiger partial charge < -0.3 is 25.3 Å². The molecule has 7 heteroatoms. The van der Waals surface area contributed by atoms with Crippen LogP contribution < -0.4 is 25.3 Å². The zero-order chi connectivity index (χ0) is 18.7. The van der Waals surface area contributed by atoms with Crippen LogP contribution in [0.1, 0.15) is 10.4 Å². The Morgan fingerprint density at radius 3 is 2.23 bits per heavy atom. The first-order valence-corrected chi connectivity index (χ1v) is 7.83. The third-order valence-electron chi connectivity index (χ3n) is 4.00. The molecule has 3 aromatic rings. The maximum absolute atomic E-state index is 11.9. The van der Waals surface area contributed by atoms with E-state index < -0.39 is 5.91 Å². The van der Waals surface area contributed by atoms with Crippen molar-refractivity contribution in [2.45, 2.75) is 0 Å². The van der Waals surface area contributed by atoms with E-state index in [2.05, 4.69) is 10.3 Å². The number of fused-ring (bicyclic) bond motifs is 1. The number of benzene rings is 2. The van der Waals surface area contributed by atoms with Gasteiger partial charge in [0.15, 0.2) is 11.5 Å². The van der Waals surface area contributed by atoms with Gasteiger partial charge in [0.1, 0.15) is 5.75 Å². The summed E-state index contributed by atoms with van der Waals surface area (Å²) in [5.74, 6) is 1.23. The van der Waals surface area contributed by atoms with Crippen molar-refractivity contribution in [2.24, 2.45) is 5.73 Å². The highest BCUT2D eigenvalue weighted by molar-refractivity contribution is 6.08. The van der Waals surface area contributed by atoms with E-state index in [4.69, 9.17) is 19.9 Å². The minimum absolute atomic E-state index is 0.278. The van der Waals surface area contributed by atoms with E-state index in [0.29, 0.717) is 28.1 Å². The molecule has 0 unspecified atom stereocenters. The number of nitrogens with zero attached hydrogens (tertiary/aromatic N) is 1. The first-order valence-electron chi connectivity index (χ1n) is 7.83. The molecule has 2 aromatic carbocycles. The molecule has 3 N–H and O–H groups in total. The third-order valence-corrected chi connectivity index (χ3v) is 4.00. The van der Waals surface area contributed by atoms with Crippen molar-refractivity contribution < 1.29 is 19.0 Å². The molecule has 0 fully saturated rings. The molecule has 0 atom stereocenters. The zero-order valence-electron chi connectivity index (χ0n) is 14.7. The zero-order valence-corrected chi connectivity index (χ0v) is 14.7. The smallest absolute Gasteiger partial charge is 0.252 e. The normalized spacial score (nSPS) is 10.4. The summed E-state index contributed by atoms with van der Waals surface area (Å²) in [5, 5.41) is 3.93. The lowest BCUT2D eigenvalue weighted by molar-refractivity contribution is 0.100. The van der Waals surface area contributed by atoms with Gasteiger partial charge in [0.25, 0.3) is 5.91 Å². The number of primary amides is 1. The predicted molar refractivity (Wildman–Crippen MR) is 99.6 cm³/mol. The van der Waals surface area contributed by atoms with Crippen molar-refractivity contribution in [3.63, 3.8) is 0 Å². The number of methoxy groups -OCH3 is 3. The molecule has 0 aliphatic heterocycles. The predicted octanol–water partition coefficient (Wildman–Crippen LogP) is 3.10. The van der Waals surface area contributed by atoms with Crippen LogP contribution in [0.3, 0.4) is 0 Å². The fourth-order valence-electron chi connectivity index (χ4n) is 2.66. The second kappa shape index (κ2) is 7.18. The Bertz CT molecular complexity index is 955. The van der Waals surface area contributed by atoms with Crippen molar-refractivity contribution in [1.29, 1.82) is 0 Å². The Labute approximate surface area is 150 Å². The summed E-state index contributed by atoms with van der Waals surface area (Å²) in [5.41, 5.74) is 7.78. The number of ether oxygens (including phenoxy) is 3. The highest BCUT2D eigenvalue weighted by Crippen LogP contribution is 2.37. The summed E-state index contributed by atoms with van der Waals surface area (Å²) in [7, 11) is 4.70. The first kappa shape index (κ1) is 17.3. The van der Waals surface area contributed by atoms with Gasteiger partial charge in [0.05, 0.1) is 38.1 Å². The van der Waals surface area contributed by atoms with Gasteiger partial charge in [-0.3, -0.25) is 9.78 Å². The maximum atomic E-state index is 11.9. The lowest BCUT2D eigenvalue weighted by Gasteiger charge is -2.15. The highest BCUT2D eigenvalue weighted by Gasteiger charge is 2.16. The van der Waals surface area contributed by atoms with Crippen LogP contribution in [-0.2, 0) is 0 Å². The lowest BCUT2D eigenvalue weighted by atomic mass is 10.1. The molecule has 0 saturated heterocycles. The molecule has 1 heterocycles. The van der Waals surface area contributed by atoms with E-state index >= 15 is 0 Å². The topological polar surface area (TPSA) is 95.7 Å². The molecule has 0 aliphatic carbocycles. The minimum Gasteiger partial charge on any atom is -0.497 e. The van der Waals surface area contributed by atoms with Crippen LogP contribution in [0.5, 0.6) is 17.2 Å². The largest absolute Gasteiger partial charge is 0.497 e. The Hall–Kier alpha value is -3.48. The molecule has 0 aliphatic rings. The number of amides is 1. The quantitative estimate of drug-likeness (QED) is 0.707. The van der Waals surface area contributed by atoms with Gasteiger partial charge >= 0.3 is 0 Å². The molecule has 1 amide bonds. The summed E-state index contributed by atoms with van der Waals surface area (Å²) >= 11 is 0. The fraction of sp³-hybridized carbons (Fsp3) is 0.158. The van der Waals surface area contributed by atoms with E-state index in [-0.39, 0.29) is 5.56 Å². The average Bonchev–Trinajstić information content (AvgIpc) is 2.67. The number of carbonyl (C=O) groups is 1. The molecule has 0 spiro atoms. The SMILES string of the molecule is COc1ccc(Nc2c(C(N)=O)cnc3cc(OC)c(OC)cc23)cc1. The van der Waals surface area contributed by atoms with E-state index in [1.165, 1.54) is 6.20 Å². The summed E-state index contributed by atoms with van der Waals surface area (Å²) in [6, 6.07) is 10.8. The van der Waals surface area contributed by atoms with Crippen molar-refractivity contribution in [2.75, 3.05) is 26.6 Å². The number of hydrogen-bond acceptors (Lipinski definition) is 6. The molecular weight excluding hydrogens is 334 g/mol. The highest BCUT2D eigenvalue weighted by atomic mass is 16.5. The second-order valence-electron chi connectivity index (χ2n) is 5.49. The van der Waals surface area contributed by atoms with Crippen LogP contribution in [-0.4, -0.2) is 32.2 Å². The van der Waals surface area contributed by atoms with E-state index in [0.717, 1.165) is 11.4 Å². The molecule has 0 saturated carbocycles. The second-order valence-corrected chi connectivity index (χ2v) is 5.49. The molecule has 26 heavy (non-hydrogen) atoms. The number of aromatic nitrogens is 1. The Balaban J connectivity index is 2.18. The number of nitrogens with one attached hydrogen (secondary N) is 1. The number of hydrogen-bond donors (Lipinski definition) is 2. The summed E-state index contributed by atoms with van der Waals surface area (Å²) < 4.78 is 15.8. The molecule has 1 aromatic heterocycles. The summed E-state index contributed by atoms with van der Waals surface area (Å²) in [6.45, 7) is 0. The molecule has 3 rings (SSSR count). The van der Waals surface area contributed by atoms with Crippen molar-refractivity contribution in [1.82, 2.24) is 4.98 Å². The lowest BCUT2D eigenvalue weighted by Crippen LogP contribution is -2.14. The van der Waals surface area contributed by atoms with Crippen molar-refractivity contribution in [3.05, 3.63) is 48.2 Å². The van der Waals surface area contributed by atoms with Gasteiger partial charge in [0.2, 0.25) is 0 Å². The Morgan fingerprint density at radius 1 is 1.00 bits per heavy atom. The van der Waals surface area contributed by atoms with Crippen molar-refractivity contribution >= 4 is 28.2 Å². The van der Waals surface area contributed by atoms with Gasteiger partial charge in [-0.1, -0.05) is 0 Å². The number of carbonyl (C=O) groups excluding carboxylic acids is 1. The molecule has 7 nitrogen and oxygen atoms in total. The van der Waals surface area contributed by atoms with Gasteiger partial charge in [-0.25, -0.2) is 0 Å². The van der Waals surface area contributed by atoms with Gasteiger partial charge in [-0.2, -0.15) is 0 Å². The van der Waals surface area contributed by atoms with E-state index in [1.54, 1.807) is 33.5 Å². The number of rotatable bonds is 6. The van der Waals surface area contributed by atoms with Gasteiger partial charge in [0, 0.05) is 23.3 Å².